The number of halogens is 1. The molecule has 0 radical (unpaired) electrons. The van der Waals surface area contributed by atoms with Crippen molar-refractivity contribution in [2.75, 3.05) is 11.4 Å². The van der Waals surface area contributed by atoms with Gasteiger partial charge in [0.15, 0.2) is 0 Å². The summed E-state index contributed by atoms with van der Waals surface area (Å²) in [6.07, 6.45) is 4.42. The molecule has 1 heterocycles. The normalized spacial score (nSPS) is 20.7. The van der Waals surface area contributed by atoms with Gasteiger partial charge in [-0.15, -0.1) is 0 Å². The van der Waals surface area contributed by atoms with E-state index in [-0.39, 0.29) is 6.04 Å². The summed E-state index contributed by atoms with van der Waals surface area (Å²) in [5, 5.41) is 0.862. The second kappa shape index (κ2) is 6.82. The van der Waals surface area contributed by atoms with Crippen molar-refractivity contribution in [2.24, 2.45) is 11.7 Å². The third-order valence-electron chi connectivity index (χ3n) is 4.44. The molecule has 1 aliphatic rings. The van der Waals surface area contributed by atoms with Gasteiger partial charge in [-0.1, -0.05) is 38.4 Å². The van der Waals surface area contributed by atoms with Crippen LogP contribution in [0.15, 0.2) is 18.2 Å². The fraction of sp³-hybridized carbons (Fsp3) is 0.647. The molecule has 1 fully saturated rings. The molecule has 20 heavy (non-hydrogen) atoms. The van der Waals surface area contributed by atoms with Crippen LogP contribution in [-0.4, -0.2) is 18.6 Å². The van der Waals surface area contributed by atoms with Crippen molar-refractivity contribution in [3.8, 4) is 0 Å². The van der Waals surface area contributed by atoms with Crippen LogP contribution in [0.4, 0.5) is 5.69 Å². The lowest BCUT2D eigenvalue weighted by atomic mass is 10.0. The van der Waals surface area contributed by atoms with Gasteiger partial charge in [-0.25, -0.2) is 0 Å². The molecule has 3 heteroatoms. The van der Waals surface area contributed by atoms with Gasteiger partial charge >= 0.3 is 0 Å². The zero-order chi connectivity index (χ0) is 14.7. The van der Waals surface area contributed by atoms with E-state index in [1.54, 1.807) is 0 Å². The lowest BCUT2D eigenvalue weighted by Gasteiger charge is -2.30. The van der Waals surface area contributed by atoms with E-state index >= 15 is 0 Å². The fourth-order valence-corrected chi connectivity index (χ4v) is 3.37. The van der Waals surface area contributed by atoms with Crippen molar-refractivity contribution in [3.63, 3.8) is 0 Å². The molecule has 2 unspecified atom stereocenters. The number of benzene rings is 1. The number of nitrogens with two attached hydrogens (primary N) is 1. The standard InChI is InChI=1S/C17H27ClN2/c1-4-14(19)10-13-7-8-15(11-16(13)18)20-9-5-6-17(20)12(2)3/h7-8,11-12,14,17H,4-6,9-10,19H2,1-3H3. The van der Waals surface area contributed by atoms with Crippen LogP contribution in [0.5, 0.6) is 0 Å². The first kappa shape index (κ1) is 15.7. The summed E-state index contributed by atoms with van der Waals surface area (Å²) in [4.78, 5) is 2.51. The monoisotopic (exact) mass is 294 g/mol. The van der Waals surface area contributed by atoms with Crippen LogP contribution in [0.2, 0.25) is 5.02 Å². The van der Waals surface area contributed by atoms with E-state index in [1.807, 2.05) is 0 Å². The first-order valence-electron chi connectivity index (χ1n) is 7.83. The van der Waals surface area contributed by atoms with Gasteiger partial charge in [0.25, 0.3) is 0 Å². The van der Waals surface area contributed by atoms with Crippen molar-refractivity contribution in [1.82, 2.24) is 0 Å². The maximum Gasteiger partial charge on any atom is 0.0459 e. The van der Waals surface area contributed by atoms with Gasteiger partial charge in [-0.3, -0.25) is 0 Å². The SMILES string of the molecule is CCC(N)Cc1ccc(N2CCCC2C(C)C)cc1Cl. The van der Waals surface area contributed by atoms with Gasteiger partial charge in [0.1, 0.15) is 0 Å². The molecule has 1 aliphatic heterocycles. The molecule has 0 saturated carbocycles. The van der Waals surface area contributed by atoms with Gasteiger partial charge < -0.3 is 10.6 Å². The largest absolute Gasteiger partial charge is 0.368 e. The van der Waals surface area contributed by atoms with Gasteiger partial charge in [0.05, 0.1) is 0 Å². The van der Waals surface area contributed by atoms with Gasteiger partial charge in [0.2, 0.25) is 0 Å². The van der Waals surface area contributed by atoms with Crippen LogP contribution >= 0.6 is 11.6 Å². The van der Waals surface area contributed by atoms with E-state index < -0.39 is 0 Å². The second-order valence-corrected chi connectivity index (χ2v) is 6.70. The molecule has 1 aromatic carbocycles. The minimum absolute atomic E-state index is 0.202. The van der Waals surface area contributed by atoms with Gasteiger partial charge in [-0.2, -0.15) is 0 Å². The molecule has 1 saturated heterocycles. The molecule has 0 spiro atoms. The summed E-state index contributed by atoms with van der Waals surface area (Å²) >= 11 is 6.45. The van der Waals surface area contributed by atoms with E-state index in [0.29, 0.717) is 12.0 Å². The zero-order valence-electron chi connectivity index (χ0n) is 12.9. The van der Waals surface area contributed by atoms with E-state index in [2.05, 4.69) is 43.9 Å². The Balaban J connectivity index is 2.16. The molecule has 2 atom stereocenters. The van der Waals surface area contributed by atoms with Crippen LogP contribution in [0.3, 0.4) is 0 Å². The average molecular weight is 295 g/mol. The Hall–Kier alpha value is -0.730. The van der Waals surface area contributed by atoms with Crippen LogP contribution in [0, 0.1) is 5.92 Å². The Kier molecular flexibility index (Phi) is 5.34. The Morgan fingerprint density at radius 1 is 1.40 bits per heavy atom. The molecular formula is C17H27ClN2. The highest BCUT2D eigenvalue weighted by Crippen LogP contribution is 2.32. The van der Waals surface area contributed by atoms with Crippen molar-refractivity contribution in [2.45, 2.75) is 58.5 Å². The number of hydrogen-bond donors (Lipinski definition) is 1. The van der Waals surface area contributed by atoms with Crippen LogP contribution in [0.1, 0.15) is 45.6 Å². The maximum absolute atomic E-state index is 6.45. The van der Waals surface area contributed by atoms with Crippen molar-refractivity contribution in [3.05, 3.63) is 28.8 Å². The lowest BCUT2D eigenvalue weighted by Crippen LogP contribution is -2.33. The number of nitrogens with zero attached hydrogens (tertiary/aromatic N) is 1. The highest BCUT2D eigenvalue weighted by Gasteiger charge is 2.27. The second-order valence-electron chi connectivity index (χ2n) is 6.30. The molecule has 112 valence electrons. The number of anilines is 1. The molecule has 2 rings (SSSR count). The highest BCUT2D eigenvalue weighted by atomic mass is 35.5. The van der Waals surface area contributed by atoms with E-state index in [4.69, 9.17) is 17.3 Å². The summed E-state index contributed by atoms with van der Waals surface area (Å²) in [5.74, 6) is 0.685. The quantitative estimate of drug-likeness (QED) is 0.880. The molecule has 2 N–H and O–H groups in total. The fourth-order valence-electron chi connectivity index (χ4n) is 3.11. The van der Waals surface area contributed by atoms with Crippen LogP contribution < -0.4 is 10.6 Å². The number of hydrogen-bond acceptors (Lipinski definition) is 2. The summed E-state index contributed by atoms with van der Waals surface area (Å²) < 4.78 is 0. The summed E-state index contributed by atoms with van der Waals surface area (Å²) in [6.45, 7) is 7.87. The molecule has 0 aliphatic carbocycles. The van der Waals surface area contributed by atoms with E-state index in [0.717, 1.165) is 24.4 Å². The predicted molar refractivity (Wildman–Crippen MR) is 88.6 cm³/mol. The molecule has 0 amide bonds. The molecule has 1 aromatic rings. The van der Waals surface area contributed by atoms with Crippen LogP contribution in [0.25, 0.3) is 0 Å². The van der Waals surface area contributed by atoms with Crippen molar-refractivity contribution in [1.29, 1.82) is 0 Å². The Morgan fingerprint density at radius 3 is 2.75 bits per heavy atom. The summed E-state index contributed by atoms with van der Waals surface area (Å²) in [5.41, 5.74) is 8.46. The first-order chi connectivity index (χ1) is 9.52. The van der Waals surface area contributed by atoms with Crippen molar-refractivity contribution < 1.29 is 0 Å². The molecule has 0 aromatic heterocycles. The first-order valence-corrected chi connectivity index (χ1v) is 8.21. The minimum Gasteiger partial charge on any atom is -0.368 e. The summed E-state index contributed by atoms with van der Waals surface area (Å²) in [6, 6.07) is 7.34. The van der Waals surface area contributed by atoms with E-state index in [1.165, 1.54) is 24.1 Å². The number of rotatable bonds is 5. The Bertz CT molecular complexity index is 445. The predicted octanol–water partition coefficient (Wildman–Crippen LogP) is 4.24. The Morgan fingerprint density at radius 2 is 2.15 bits per heavy atom. The van der Waals surface area contributed by atoms with Gasteiger partial charge in [-0.05, 0) is 49.3 Å². The summed E-state index contributed by atoms with van der Waals surface area (Å²) in [7, 11) is 0. The van der Waals surface area contributed by atoms with Crippen molar-refractivity contribution >= 4 is 17.3 Å². The molecule has 2 nitrogen and oxygen atoms in total. The minimum atomic E-state index is 0.202. The Labute approximate surface area is 128 Å². The topological polar surface area (TPSA) is 29.3 Å². The zero-order valence-corrected chi connectivity index (χ0v) is 13.7. The maximum atomic E-state index is 6.45. The van der Waals surface area contributed by atoms with Gasteiger partial charge in [0, 0.05) is 29.3 Å². The highest BCUT2D eigenvalue weighted by molar-refractivity contribution is 6.31. The molecule has 0 bridgehead atoms. The third kappa shape index (κ3) is 3.48. The molecular weight excluding hydrogens is 268 g/mol. The van der Waals surface area contributed by atoms with E-state index in [9.17, 15) is 0 Å². The third-order valence-corrected chi connectivity index (χ3v) is 4.80. The lowest BCUT2D eigenvalue weighted by molar-refractivity contribution is 0.492. The van der Waals surface area contributed by atoms with Crippen LogP contribution in [-0.2, 0) is 6.42 Å². The smallest absolute Gasteiger partial charge is 0.0459 e. The average Bonchev–Trinajstić information content (AvgIpc) is 2.90.